The molecule has 1 fully saturated rings. The van der Waals surface area contributed by atoms with Gasteiger partial charge in [0.1, 0.15) is 0 Å². The lowest BCUT2D eigenvalue weighted by Crippen LogP contribution is -2.52. The van der Waals surface area contributed by atoms with Gasteiger partial charge in [0.05, 0.1) is 6.61 Å². The maximum atomic E-state index is 12.5. The van der Waals surface area contributed by atoms with E-state index in [1.165, 1.54) is 6.92 Å². The first-order valence-electron chi connectivity index (χ1n) is 4.80. The number of hydrogen-bond acceptors (Lipinski definition) is 3. The van der Waals surface area contributed by atoms with Gasteiger partial charge in [-0.2, -0.15) is 13.2 Å². The highest BCUT2D eigenvalue weighted by Gasteiger charge is 2.60. The van der Waals surface area contributed by atoms with E-state index < -0.39 is 17.7 Å². The lowest BCUT2D eigenvalue weighted by atomic mass is 10.0. The molecule has 1 rings (SSSR count). The number of esters is 1. The smallest absolute Gasteiger partial charge is 0.440 e. The molecule has 0 heterocycles. The Bertz CT molecular complexity index is 335. The van der Waals surface area contributed by atoms with Gasteiger partial charge in [0.2, 0.25) is 0 Å². The quantitative estimate of drug-likeness (QED) is 0.580. The molecule has 0 bridgehead atoms. The predicted octanol–water partition coefficient (Wildman–Crippen LogP) is 1.26. The van der Waals surface area contributed by atoms with Crippen LogP contribution in [0.25, 0.3) is 0 Å². The van der Waals surface area contributed by atoms with Crippen LogP contribution in [0.4, 0.5) is 13.2 Å². The van der Waals surface area contributed by atoms with E-state index in [1.54, 1.807) is 5.92 Å². The van der Waals surface area contributed by atoms with Crippen LogP contribution in [-0.4, -0.2) is 29.5 Å². The van der Waals surface area contributed by atoms with Crippen LogP contribution in [0.15, 0.2) is 0 Å². The third-order valence-electron chi connectivity index (χ3n) is 2.02. The maximum Gasteiger partial charge on any atom is 0.440 e. The zero-order valence-electron chi connectivity index (χ0n) is 8.60. The van der Waals surface area contributed by atoms with Crippen molar-refractivity contribution < 1.29 is 27.8 Å². The van der Waals surface area contributed by atoms with Crippen molar-refractivity contribution in [2.75, 3.05) is 6.61 Å². The highest BCUT2D eigenvalue weighted by Crippen LogP contribution is 2.33. The molecule has 90 valence electrons. The van der Waals surface area contributed by atoms with Gasteiger partial charge in [-0.3, -0.25) is 0 Å². The molecular weight excluding hydrogens is 225 g/mol. The number of aliphatic hydroxyl groups is 1. The van der Waals surface area contributed by atoms with E-state index in [2.05, 4.69) is 10.7 Å². The molecule has 0 aromatic rings. The molecule has 1 aliphatic rings. The first kappa shape index (κ1) is 12.8. The monoisotopic (exact) mass is 236 g/mol. The van der Waals surface area contributed by atoms with Gasteiger partial charge in [0, 0.05) is 5.92 Å². The zero-order chi connectivity index (χ0) is 12.4. The van der Waals surface area contributed by atoms with Crippen LogP contribution < -0.4 is 0 Å². The molecule has 0 saturated heterocycles. The largest absolute Gasteiger partial charge is 0.463 e. The molecule has 1 N–H and O–H groups in total. The minimum Gasteiger partial charge on any atom is -0.463 e. The van der Waals surface area contributed by atoms with E-state index in [4.69, 9.17) is 0 Å². The second-order valence-corrected chi connectivity index (χ2v) is 3.47. The van der Waals surface area contributed by atoms with Gasteiger partial charge >= 0.3 is 17.7 Å². The standard InChI is InChI=1S/C10H11F3O3/c1-2-16-8(14)9(15,10(11,12)13)6-5-7-3-4-7/h7,15H,2-4H2,1H3. The summed E-state index contributed by atoms with van der Waals surface area (Å²) in [5.74, 6) is 1.89. The fraction of sp³-hybridized carbons (Fsp3) is 0.700. The summed E-state index contributed by atoms with van der Waals surface area (Å²) in [6.45, 7) is 1.10. The Hall–Kier alpha value is -1.22. The van der Waals surface area contributed by atoms with Crippen LogP contribution in [0.5, 0.6) is 0 Å². The molecule has 1 saturated carbocycles. The van der Waals surface area contributed by atoms with Crippen LogP contribution in [0, 0.1) is 17.8 Å². The number of alkyl halides is 3. The minimum absolute atomic E-state index is 0.150. The fourth-order valence-electron chi connectivity index (χ4n) is 0.907. The second-order valence-electron chi connectivity index (χ2n) is 3.47. The first-order chi connectivity index (χ1) is 7.31. The van der Waals surface area contributed by atoms with Gasteiger partial charge in [-0.1, -0.05) is 5.92 Å². The van der Waals surface area contributed by atoms with Crippen molar-refractivity contribution in [3.63, 3.8) is 0 Å². The lowest BCUT2D eigenvalue weighted by molar-refractivity contribution is -0.242. The molecule has 0 aromatic heterocycles. The summed E-state index contributed by atoms with van der Waals surface area (Å²) in [6, 6.07) is 0. The Morgan fingerprint density at radius 1 is 1.50 bits per heavy atom. The third kappa shape index (κ3) is 2.67. The molecule has 0 aromatic carbocycles. The van der Waals surface area contributed by atoms with Gasteiger partial charge in [0.25, 0.3) is 0 Å². The van der Waals surface area contributed by atoms with Gasteiger partial charge < -0.3 is 9.84 Å². The molecule has 1 atom stereocenters. The van der Waals surface area contributed by atoms with Crippen LogP contribution >= 0.6 is 0 Å². The average molecular weight is 236 g/mol. The van der Waals surface area contributed by atoms with Crippen molar-refractivity contribution >= 4 is 5.97 Å². The number of carbonyl (C=O) groups excluding carboxylic acids is 1. The second kappa shape index (κ2) is 4.34. The van der Waals surface area contributed by atoms with Crippen LogP contribution in [0.1, 0.15) is 19.8 Å². The first-order valence-corrected chi connectivity index (χ1v) is 4.80. The Morgan fingerprint density at radius 3 is 2.44 bits per heavy atom. The lowest BCUT2D eigenvalue weighted by Gasteiger charge is -2.22. The summed E-state index contributed by atoms with van der Waals surface area (Å²) < 4.78 is 41.7. The molecule has 0 radical (unpaired) electrons. The van der Waals surface area contributed by atoms with Gasteiger partial charge in [0.15, 0.2) is 0 Å². The summed E-state index contributed by atoms with van der Waals surface area (Å²) in [4.78, 5) is 11.0. The van der Waals surface area contributed by atoms with Crippen molar-refractivity contribution in [2.45, 2.75) is 31.5 Å². The van der Waals surface area contributed by atoms with Gasteiger partial charge in [-0.25, -0.2) is 4.79 Å². The molecule has 6 heteroatoms. The highest BCUT2D eigenvalue weighted by molar-refractivity contribution is 5.84. The van der Waals surface area contributed by atoms with Crippen molar-refractivity contribution in [1.29, 1.82) is 0 Å². The van der Waals surface area contributed by atoms with E-state index in [0.29, 0.717) is 12.8 Å². The maximum absolute atomic E-state index is 12.5. The summed E-state index contributed by atoms with van der Waals surface area (Å²) in [5.41, 5.74) is -3.70. The Labute approximate surface area is 90.6 Å². The van der Waals surface area contributed by atoms with Crippen molar-refractivity contribution in [1.82, 2.24) is 0 Å². The molecule has 0 aliphatic heterocycles. The number of halogens is 3. The van der Waals surface area contributed by atoms with E-state index in [1.807, 2.05) is 0 Å². The van der Waals surface area contributed by atoms with E-state index in [0.717, 1.165) is 0 Å². The molecule has 0 spiro atoms. The van der Waals surface area contributed by atoms with E-state index in [9.17, 15) is 23.1 Å². The highest BCUT2D eigenvalue weighted by atomic mass is 19.4. The van der Waals surface area contributed by atoms with Crippen LogP contribution in [0.3, 0.4) is 0 Å². The Balaban J connectivity index is 2.92. The predicted molar refractivity (Wildman–Crippen MR) is 48.1 cm³/mol. The summed E-state index contributed by atoms with van der Waals surface area (Å²) in [7, 11) is 0. The molecular formula is C10H11F3O3. The topological polar surface area (TPSA) is 46.5 Å². The molecule has 1 aliphatic carbocycles. The zero-order valence-corrected chi connectivity index (χ0v) is 8.60. The van der Waals surface area contributed by atoms with Crippen molar-refractivity contribution in [3.05, 3.63) is 0 Å². The summed E-state index contributed by atoms with van der Waals surface area (Å²) >= 11 is 0. The number of rotatable bonds is 2. The van der Waals surface area contributed by atoms with E-state index >= 15 is 0 Å². The number of ether oxygens (including phenoxy) is 1. The Morgan fingerprint density at radius 2 is 2.06 bits per heavy atom. The van der Waals surface area contributed by atoms with Crippen LogP contribution in [0.2, 0.25) is 0 Å². The average Bonchev–Trinajstić information content (AvgIpc) is 2.96. The minimum atomic E-state index is -5.15. The summed E-state index contributed by atoms with van der Waals surface area (Å²) in [6.07, 6.45) is -3.76. The van der Waals surface area contributed by atoms with E-state index in [-0.39, 0.29) is 12.5 Å². The number of hydrogen-bond donors (Lipinski definition) is 1. The Kier molecular flexibility index (Phi) is 3.48. The molecule has 3 nitrogen and oxygen atoms in total. The molecule has 16 heavy (non-hydrogen) atoms. The van der Waals surface area contributed by atoms with Gasteiger partial charge in [-0.15, -0.1) is 0 Å². The van der Waals surface area contributed by atoms with Gasteiger partial charge in [-0.05, 0) is 25.7 Å². The molecule has 1 unspecified atom stereocenters. The van der Waals surface area contributed by atoms with Crippen LogP contribution in [-0.2, 0) is 9.53 Å². The number of carbonyl (C=O) groups is 1. The molecule has 0 amide bonds. The van der Waals surface area contributed by atoms with Crippen molar-refractivity contribution in [3.8, 4) is 11.8 Å². The third-order valence-corrected chi connectivity index (χ3v) is 2.02. The normalized spacial score (nSPS) is 19.3. The fourth-order valence-corrected chi connectivity index (χ4v) is 0.907. The van der Waals surface area contributed by atoms with Crippen molar-refractivity contribution in [2.24, 2.45) is 5.92 Å². The SMILES string of the molecule is CCOC(=O)C(O)(C#CC1CC1)C(F)(F)F. The summed E-state index contributed by atoms with van der Waals surface area (Å²) in [5, 5.41) is 9.25.